The molecule has 3 rings (SSSR count). The Morgan fingerprint density at radius 1 is 1.27 bits per heavy atom. The average Bonchev–Trinajstić information content (AvgIpc) is 2.58. The zero-order valence-electron chi connectivity index (χ0n) is 22.8. The highest BCUT2D eigenvalue weighted by atomic mass is 35.5. The second-order valence-electron chi connectivity index (χ2n) is 6.35. The van der Waals surface area contributed by atoms with E-state index in [0.29, 0.717) is 29.0 Å². The van der Waals surface area contributed by atoms with Crippen molar-refractivity contribution in [1.82, 2.24) is 10.2 Å². The highest BCUT2D eigenvalue weighted by Gasteiger charge is 2.28. The number of allylic oxidation sites excluding steroid dienone is 1. The number of benzene rings is 1. The third-order valence-corrected chi connectivity index (χ3v) is 4.22. The molecule has 1 aromatic carbocycles. The second-order valence-corrected chi connectivity index (χ2v) is 6.79. The number of piperazine rings is 1. The molecule has 0 atom stereocenters. The average molecular weight is 329 g/mol. The van der Waals surface area contributed by atoms with E-state index in [2.05, 4.69) is 0 Å². The number of nitrogens with one attached hydrogen (secondary N) is 1. The number of rotatable bonds is 3. The summed E-state index contributed by atoms with van der Waals surface area (Å²) < 4.78 is 83.2. The molecular weight excluding hydrogens is 292 g/mol. The highest BCUT2D eigenvalue weighted by molar-refractivity contribution is 6.30. The van der Waals surface area contributed by atoms with E-state index in [4.69, 9.17) is 25.3 Å². The SMILES string of the molecule is [2H]C([2H])(C1=C(c2ccc(Cl)cc2)CC(C)(C)CC1)N1C([2H])([2H])C([2H])([2H])NC([2H])([2H])C1([2H])[2H]. The molecule has 0 saturated carbocycles. The van der Waals surface area contributed by atoms with Gasteiger partial charge in [0.25, 0.3) is 0 Å². The van der Waals surface area contributed by atoms with E-state index < -0.39 is 32.5 Å². The Labute approximate surface area is 153 Å². The van der Waals surface area contributed by atoms with Crippen LogP contribution < -0.4 is 5.32 Å². The summed E-state index contributed by atoms with van der Waals surface area (Å²) in [4.78, 5) is 0.0903. The molecule has 1 aliphatic carbocycles. The first-order valence-electron chi connectivity index (χ1n) is 12.3. The topological polar surface area (TPSA) is 15.3 Å². The van der Waals surface area contributed by atoms with Gasteiger partial charge in [-0.25, -0.2) is 0 Å². The van der Waals surface area contributed by atoms with Crippen LogP contribution in [0.5, 0.6) is 0 Å². The van der Waals surface area contributed by atoms with Crippen LogP contribution in [0.2, 0.25) is 5.02 Å². The molecule has 0 bridgehead atoms. The summed E-state index contributed by atoms with van der Waals surface area (Å²) in [5.41, 5.74) is 1.14. The summed E-state index contributed by atoms with van der Waals surface area (Å²) in [6.07, 6.45) is 1.16. The number of halogens is 1. The zero-order valence-corrected chi connectivity index (χ0v) is 13.5. The second kappa shape index (κ2) is 6.74. The molecule has 1 fully saturated rings. The van der Waals surface area contributed by atoms with Gasteiger partial charge < -0.3 is 5.32 Å². The van der Waals surface area contributed by atoms with Crippen LogP contribution in [0, 0.1) is 5.41 Å². The van der Waals surface area contributed by atoms with Crippen LogP contribution in [-0.4, -0.2) is 37.4 Å². The lowest BCUT2D eigenvalue weighted by molar-refractivity contribution is 0.249. The molecule has 1 N–H and O–H groups in total. The van der Waals surface area contributed by atoms with E-state index in [1.54, 1.807) is 29.6 Å². The molecular formula is C19H27ClN2. The maximum Gasteiger partial charge on any atom is 0.0478 e. The van der Waals surface area contributed by atoms with Crippen LogP contribution in [0.1, 0.15) is 52.4 Å². The van der Waals surface area contributed by atoms with Crippen LogP contribution in [-0.2, 0) is 0 Å². The fourth-order valence-electron chi connectivity index (χ4n) is 2.76. The summed E-state index contributed by atoms with van der Waals surface area (Å²) in [6.45, 7) is -11.3. The summed E-state index contributed by atoms with van der Waals surface area (Å²) >= 11 is 6.00. The Kier molecular flexibility index (Phi) is 2.40. The standard InChI is InChI=1S/C19H27ClN2/c1-19(2)8-7-16(14-22-11-9-21-10-12-22)18(13-19)15-3-5-17(20)6-4-15/h3-6,21H,7-14H2,1-2H3/i9D2,10D2,11D2,12D2,14D2. The Bertz CT molecular complexity index is 899. The predicted octanol–water partition coefficient (Wildman–Crippen LogP) is 4.21. The Balaban J connectivity index is 2.27. The van der Waals surface area contributed by atoms with Gasteiger partial charge in [-0.3, -0.25) is 4.90 Å². The van der Waals surface area contributed by atoms with Crippen molar-refractivity contribution in [3.63, 3.8) is 0 Å². The summed E-state index contributed by atoms with van der Waals surface area (Å²) in [7, 11) is 0. The monoisotopic (exact) mass is 328 g/mol. The van der Waals surface area contributed by atoms with Crippen LogP contribution >= 0.6 is 11.6 Å². The van der Waals surface area contributed by atoms with Crippen molar-refractivity contribution >= 4 is 17.2 Å². The Hall–Kier alpha value is -0.830. The van der Waals surface area contributed by atoms with Gasteiger partial charge in [0, 0.05) is 51.2 Å². The van der Waals surface area contributed by atoms with Gasteiger partial charge in [-0.1, -0.05) is 43.2 Å². The third-order valence-electron chi connectivity index (χ3n) is 3.97. The van der Waals surface area contributed by atoms with Crippen molar-refractivity contribution < 1.29 is 13.7 Å². The Morgan fingerprint density at radius 2 is 1.95 bits per heavy atom. The molecule has 120 valence electrons. The minimum absolute atomic E-state index is 0.0903. The van der Waals surface area contributed by atoms with Crippen LogP contribution in [0.25, 0.3) is 5.57 Å². The fraction of sp³-hybridized carbons (Fsp3) is 0.579. The lowest BCUT2D eigenvalue weighted by Crippen LogP contribution is -2.44. The van der Waals surface area contributed by atoms with E-state index >= 15 is 0 Å². The molecule has 1 aromatic rings. The van der Waals surface area contributed by atoms with Crippen molar-refractivity contribution in [2.24, 2.45) is 5.41 Å². The number of hydrogen-bond donors (Lipinski definition) is 1. The molecule has 3 heteroatoms. The summed E-state index contributed by atoms with van der Waals surface area (Å²) in [5, 5.41) is 2.25. The minimum Gasteiger partial charge on any atom is -0.314 e. The first-order valence-corrected chi connectivity index (χ1v) is 7.72. The van der Waals surface area contributed by atoms with Gasteiger partial charge in [0.2, 0.25) is 0 Å². The van der Waals surface area contributed by atoms with Gasteiger partial charge in [-0.15, -0.1) is 0 Å². The molecule has 1 saturated heterocycles. The van der Waals surface area contributed by atoms with E-state index in [1.165, 1.54) is 0 Å². The van der Waals surface area contributed by atoms with Crippen LogP contribution in [0.4, 0.5) is 0 Å². The van der Waals surface area contributed by atoms with Crippen molar-refractivity contribution in [2.45, 2.75) is 33.1 Å². The largest absolute Gasteiger partial charge is 0.314 e. The quantitative estimate of drug-likeness (QED) is 0.894. The lowest BCUT2D eigenvalue weighted by atomic mass is 9.72. The fourth-order valence-corrected chi connectivity index (χ4v) is 2.88. The number of hydrogen-bond acceptors (Lipinski definition) is 2. The van der Waals surface area contributed by atoms with Crippen molar-refractivity contribution in [1.29, 1.82) is 0 Å². The maximum absolute atomic E-state index is 8.90. The van der Waals surface area contributed by atoms with E-state index in [-0.39, 0.29) is 22.3 Å². The molecule has 0 unspecified atom stereocenters. The van der Waals surface area contributed by atoms with Gasteiger partial charge in [0.1, 0.15) is 0 Å². The summed E-state index contributed by atoms with van der Waals surface area (Å²) in [6, 6.07) is 6.74. The first kappa shape index (κ1) is 7.83. The van der Waals surface area contributed by atoms with Gasteiger partial charge in [-0.2, -0.15) is 0 Å². The van der Waals surface area contributed by atoms with Gasteiger partial charge in [-0.05, 0) is 47.9 Å². The predicted molar refractivity (Wildman–Crippen MR) is 95.3 cm³/mol. The molecule has 0 aromatic heterocycles. The first-order chi connectivity index (χ1) is 14.3. The van der Waals surface area contributed by atoms with E-state index in [9.17, 15) is 0 Å². The number of nitrogens with zero attached hydrogens (tertiary/aromatic N) is 1. The van der Waals surface area contributed by atoms with Gasteiger partial charge in [0.15, 0.2) is 0 Å². The molecule has 1 heterocycles. The minimum atomic E-state index is -3.21. The smallest absolute Gasteiger partial charge is 0.0478 e. The normalized spacial score (nSPS) is 39.4. The van der Waals surface area contributed by atoms with E-state index in [0.717, 1.165) is 0 Å². The highest BCUT2D eigenvalue weighted by Crippen LogP contribution is 2.43. The Morgan fingerprint density at radius 3 is 2.64 bits per heavy atom. The van der Waals surface area contributed by atoms with Crippen molar-refractivity contribution in [3.8, 4) is 0 Å². The van der Waals surface area contributed by atoms with Gasteiger partial charge in [0.05, 0.1) is 0 Å². The molecule has 1 aliphatic heterocycles. The third kappa shape index (κ3) is 3.92. The summed E-state index contributed by atoms with van der Waals surface area (Å²) in [5.74, 6) is 0. The maximum atomic E-state index is 8.90. The van der Waals surface area contributed by atoms with E-state index in [1.807, 2.05) is 13.8 Å². The van der Waals surface area contributed by atoms with Crippen LogP contribution in [0.15, 0.2) is 29.8 Å². The molecule has 0 spiro atoms. The lowest BCUT2D eigenvalue weighted by Gasteiger charge is -2.36. The van der Waals surface area contributed by atoms with Crippen molar-refractivity contribution in [2.75, 3.05) is 32.5 Å². The molecule has 2 aliphatic rings. The van der Waals surface area contributed by atoms with Gasteiger partial charge >= 0.3 is 0 Å². The van der Waals surface area contributed by atoms with Crippen LogP contribution in [0.3, 0.4) is 0 Å². The molecule has 0 radical (unpaired) electrons. The zero-order chi connectivity index (χ0) is 24.5. The molecule has 0 amide bonds. The molecule has 22 heavy (non-hydrogen) atoms. The van der Waals surface area contributed by atoms with Crippen molar-refractivity contribution in [3.05, 3.63) is 40.4 Å². The molecule has 2 nitrogen and oxygen atoms in total.